The molecule has 6 nitrogen and oxygen atoms in total. The first-order valence-corrected chi connectivity index (χ1v) is 12.9. The van der Waals surface area contributed by atoms with Crippen molar-refractivity contribution in [2.75, 3.05) is 6.61 Å². The monoisotopic (exact) mass is 512 g/mol. The Hall–Kier alpha value is -4.23. The molecular formula is C30H28N2O4S. The smallest absolute Gasteiger partial charge is 0.329 e. The summed E-state index contributed by atoms with van der Waals surface area (Å²) < 4.78 is 5.70. The lowest BCUT2D eigenvalue weighted by Crippen LogP contribution is -2.46. The fourth-order valence-electron chi connectivity index (χ4n) is 3.87. The summed E-state index contributed by atoms with van der Waals surface area (Å²) >= 11 is 1.30. The Bertz CT molecular complexity index is 1280. The third-order valence-electron chi connectivity index (χ3n) is 5.74. The minimum atomic E-state index is -0.876. The molecule has 1 aromatic heterocycles. The first kappa shape index (κ1) is 25.9. The highest BCUT2D eigenvalue weighted by atomic mass is 32.1. The van der Waals surface area contributed by atoms with Gasteiger partial charge in [-0.2, -0.15) is 0 Å². The highest BCUT2D eigenvalue weighted by Gasteiger charge is 2.25. The molecule has 0 saturated heterocycles. The predicted octanol–water partition coefficient (Wildman–Crippen LogP) is 4.67. The molecule has 0 radical (unpaired) electrons. The molecule has 0 unspecified atom stereocenters. The molecule has 2 atom stereocenters. The Labute approximate surface area is 220 Å². The number of carbonyl (C=O) groups is 3. The maximum Gasteiger partial charge on any atom is 0.329 e. The molecule has 2 N–H and O–H groups in total. The van der Waals surface area contributed by atoms with Gasteiger partial charge in [0.2, 0.25) is 0 Å². The first-order chi connectivity index (χ1) is 18.1. The van der Waals surface area contributed by atoms with Crippen LogP contribution in [-0.2, 0) is 22.4 Å². The summed E-state index contributed by atoms with van der Waals surface area (Å²) in [5, 5.41) is 7.61. The van der Waals surface area contributed by atoms with Gasteiger partial charge in [0.05, 0.1) is 10.9 Å². The molecule has 7 heteroatoms. The third kappa shape index (κ3) is 7.88. The van der Waals surface area contributed by atoms with Gasteiger partial charge >= 0.3 is 5.97 Å². The SMILES string of the molecule is O=C(N[C@H](COC(=O)[C@H](Cc1ccccc1)NC(=O)c1cccs1)Cc1ccccc1)c1ccccc1. The summed E-state index contributed by atoms with van der Waals surface area (Å²) in [5.41, 5.74) is 2.43. The molecule has 0 fully saturated rings. The van der Waals surface area contributed by atoms with E-state index in [-0.39, 0.29) is 24.8 Å². The standard InChI is InChI=1S/C30H28N2O4S/c33-28(24-15-8-3-9-16-24)31-25(19-22-11-4-1-5-12-22)21-36-30(35)26(20-23-13-6-2-7-14-23)32-29(34)27-17-10-18-37-27/h1-18,25-26H,19-21H2,(H,31,33)(H,32,34)/t25-,26-/m0/s1. The molecular weight excluding hydrogens is 484 g/mol. The van der Waals surface area contributed by atoms with Crippen LogP contribution in [-0.4, -0.2) is 36.5 Å². The van der Waals surface area contributed by atoms with Crippen LogP contribution in [0.3, 0.4) is 0 Å². The van der Waals surface area contributed by atoms with E-state index in [0.717, 1.165) is 11.1 Å². The Kier molecular flexibility index (Phi) is 9.21. The van der Waals surface area contributed by atoms with Crippen molar-refractivity contribution in [1.82, 2.24) is 10.6 Å². The zero-order chi connectivity index (χ0) is 25.9. The van der Waals surface area contributed by atoms with Crippen molar-refractivity contribution in [2.45, 2.75) is 24.9 Å². The highest BCUT2D eigenvalue weighted by Crippen LogP contribution is 2.12. The van der Waals surface area contributed by atoms with Gasteiger partial charge in [-0.1, -0.05) is 84.9 Å². The molecule has 3 aromatic carbocycles. The molecule has 37 heavy (non-hydrogen) atoms. The summed E-state index contributed by atoms with van der Waals surface area (Å²) in [5.74, 6) is -1.13. The van der Waals surface area contributed by atoms with Crippen LogP contribution in [0.5, 0.6) is 0 Å². The highest BCUT2D eigenvalue weighted by molar-refractivity contribution is 7.12. The fourth-order valence-corrected chi connectivity index (χ4v) is 4.50. The van der Waals surface area contributed by atoms with Gasteiger partial charge in [0.25, 0.3) is 11.8 Å². The molecule has 2 amide bonds. The van der Waals surface area contributed by atoms with Gasteiger partial charge in [-0.05, 0) is 41.1 Å². The predicted molar refractivity (Wildman–Crippen MR) is 145 cm³/mol. The van der Waals surface area contributed by atoms with Crippen molar-refractivity contribution in [3.63, 3.8) is 0 Å². The number of hydrogen-bond donors (Lipinski definition) is 2. The van der Waals surface area contributed by atoms with Crippen LogP contribution < -0.4 is 10.6 Å². The first-order valence-electron chi connectivity index (χ1n) is 12.0. The number of ether oxygens (including phenoxy) is 1. The van der Waals surface area contributed by atoms with Gasteiger partial charge in [-0.15, -0.1) is 11.3 Å². The van der Waals surface area contributed by atoms with Crippen molar-refractivity contribution < 1.29 is 19.1 Å². The fraction of sp³-hybridized carbons (Fsp3) is 0.167. The van der Waals surface area contributed by atoms with Crippen LogP contribution in [0.4, 0.5) is 0 Å². The van der Waals surface area contributed by atoms with Crippen LogP contribution in [0.25, 0.3) is 0 Å². The number of amides is 2. The van der Waals surface area contributed by atoms with Crippen molar-refractivity contribution >= 4 is 29.1 Å². The van der Waals surface area contributed by atoms with Crippen molar-refractivity contribution in [2.24, 2.45) is 0 Å². The normalized spacial score (nSPS) is 12.2. The number of hydrogen-bond acceptors (Lipinski definition) is 5. The van der Waals surface area contributed by atoms with Crippen LogP contribution in [0.1, 0.15) is 31.2 Å². The van der Waals surface area contributed by atoms with Gasteiger partial charge in [0, 0.05) is 12.0 Å². The minimum absolute atomic E-state index is 0.0353. The van der Waals surface area contributed by atoms with Gasteiger partial charge in [-0.3, -0.25) is 9.59 Å². The number of rotatable bonds is 11. The van der Waals surface area contributed by atoms with Gasteiger partial charge in [-0.25, -0.2) is 4.79 Å². The van der Waals surface area contributed by atoms with Crippen molar-refractivity contribution in [3.8, 4) is 0 Å². The van der Waals surface area contributed by atoms with Crippen LogP contribution in [0.2, 0.25) is 0 Å². The average Bonchev–Trinajstić information content (AvgIpc) is 3.48. The Morgan fingerprint density at radius 1 is 0.676 bits per heavy atom. The van der Waals surface area contributed by atoms with E-state index >= 15 is 0 Å². The number of esters is 1. The lowest BCUT2D eigenvalue weighted by atomic mass is 10.0. The Morgan fingerprint density at radius 3 is 1.86 bits per heavy atom. The van der Waals surface area contributed by atoms with Gasteiger partial charge in [0.15, 0.2) is 0 Å². The Morgan fingerprint density at radius 2 is 1.27 bits per heavy atom. The van der Waals surface area contributed by atoms with Crippen LogP contribution in [0, 0.1) is 0 Å². The van der Waals surface area contributed by atoms with E-state index in [4.69, 9.17) is 4.74 Å². The molecule has 188 valence electrons. The quantitative estimate of drug-likeness (QED) is 0.286. The maximum atomic E-state index is 13.2. The zero-order valence-corrected chi connectivity index (χ0v) is 21.0. The maximum absolute atomic E-state index is 13.2. The molecule has 0 saturated carbocycles. The van der Waals surface area contributed by atoms with E-state index in [2.05, 4.69) is 10.6 Å². The lowest BCUT2D eigenvalue weighted by Gasteiger charge is -2.22. The van der Waals surface area contributed by atoms with Crippen LogP contribution in [0.15, 0.2) is 109 Å². The van der Waals surface area contributed by atoms with E-state index in [1.165, 1.54) is 11.3 Å². The molecule has 0 aliphatic rings. The molecule has 0 aliphatic carbocycles. The summed E-state index contributed by atoms with van der Waals surface area (Å²) in [7, 11) is 0. The average molecular weight is 513 g/mol. The number of nitrogens with one attached hydrogen (secondary N) is 2. The van der Waals surface area contributed by atoms with Crippen molar-refractivity contribution in [1.29, 1.82) is 0 Å². The number of benzene rings is 3. The molecule has 4 aromatic rings. The topological polar surface area (TPSA) is 84.5 Å². The second-order valence-corrected chi connectivity index (χ2v) is 9.50. The summed E-state index contributed by atoms with van der Waals surface area (Å²) in [6.07, 6.45) is 0.772. The van der Waals surface area contributed by atoms with Crippen LogP contribution >= 0.6 is 11.3 Å². The summed E-state index contributed by atoms with van der Waals surface area (Å²) in [4.78, 5) is 39.3. The van der Waals surface area contributed by atoms with E-state index in [0.29, 0.717) is 16.9 Å². The van der Waals surface area contributed by atoms with Gasteiger partial charge in [0.1, 0.15) is 12.6 Å². The van der Waals surface area contributed by atoms with E-state index < -0.39 is 18.1 Å². The molecule has 0 spiro atoms. The molecule has 4 rings (SSSR count). The third-order valence-corrected chi connectivity index (χ3v) is 6.61. The largest absolute Gasteiger partial charge is 0.462 e. The number of thiophene rings is 1. The zero-order valence-electron chi connectivity index (χ0n) is 20.2. The van der Waals surface area contributed by atoms with E-state index in [1.807, 2.05) is 72.1 Å². The molecule has 0 bridgehead atoms. The van der Waals surface area contributed by atoms with E-state index in [1.54, 1.807) is 36.4 Å². The second-order valence-electron chi connectivity index (χ2n) is 8.55. The number of carbonyl (C=O) groups excluding carboxylic acids is 3. The molecule has 0 aliphatic heterocycles. The Balaban J connectivity index is 1.46. The lowest BCUT2D eigenvalue weighted by molar-refractivity contribution is -0.146. The second kappa shape index (κ2) is 13.2. The van der Waals surface area contributed by atoms with E-state index in [9.17, 15) is 14.4 Å². The van der Waals surface area contributed by atoms with Gasteiger partial charge < -0.3 is 15.4 Å². The summed E-state index contributed by atoms with van der Waals surface area (Å²) in [6, 6.07) is 30.2. The molecule has 1 heterocycles. The minimum Gasteiger partial charge on any atom is -0.462 e. The van der Waals surface area contributed by atoms with Crippen molar-refractivity contribution in [3.05, 3.63) is 130 Å². The summed E-state index contributed by atoms with van der Waals surface area (Å²) in [6.45, 7) is -0.0353.